The van der Waals surface area contributed by atoms with Crippen molar-refractivity contribution in [3.63, 3.8) is 0 Å². The first-order valence-electron chi connectivity index (χ1n) is 39.3. The fraction of sp³-hybridized carbons (Fsp3) is 0.947. The van der Waals surface area contributed by atoms with Gasteiger partial charge in [0.25, 0.3) is 0 Å². The van der Waals surface area contributed by atoms with Crippen LogP contribution in [0.15, 0.2) is 0 Å². The monoisotopic (exact) mass is 1380 g/mol. The first-order valence-corrected chi connectivity index (χ1v) is 42.3. The summed E-state index contributed by atoms with van der Waals surface area (Å²) in [5.41, 5.74) is 0. The van der Waals surface area contributed by atoms with E-state index in [1.54, 1.807) is 0 Å². The highest BCUT2D eigenvalue weighted by Crippen LogP contribution is 2.45. The number of ether oxygens (including phenoxy) is 4. The second-order valence-electron chi connectivity index (χ2n) is 27.0. The van der Waals surface area contributed by atoms with Gasteiger partial charge < -0.3 is 33.8 Å². The maximum absolute atomic E-state index is 13.1. The first kappa shape index (κ1) is 92.1. The van der Waals surface area contributed by atoms with Gasteiger partial charge in [0.15, 0.2) is 12.2 Å². The summed E-state index contributed by atoms with van der Waals surface area (Å²) in [6.07, 6.45) is 59.5. The average Bonchev–Trinajstić information content (AvgIpc) is 1.83. The van der Waals surface area contributed by atoms with Crippen LogP contribution in [0.4, 0.5) is 0 Å². The summed E-state index contributed by atoms with van der Waals surface area (Å²) in [5.74, 6) is -2.11. The van der Waals surface area contributed by atoms with E-state index < -0.39 is 97.5 Å². The van der Waals surface area contributed by atoms with Crippen molar-refractivity contribution in [2.24, 2.45) is 0 Å². The van der Waals surface area contributed by atoms with E-state index in [2.05, 4.69) is 27.7 Å². The van der Waals surface area contributed by atoms with Crippen molar-refractivity contribution in [2.45, 2.75) is 418 Å². The van der Waals surface area contributed by atoms with Gasteiger partial charge in [0, 0.05) is 25.7 Å². The fourth-order valence-corrected chi connectivity index (χ4v) is 13.2. The van der Waals surface area contributed by atoms with Gasteiger partial charge in [-0.1, -0.05) is 349 Å². The van der Waals surface area contributed by atoms with Crippen LogP contribution in [0.5, 0.6) is 0 Å². The van der Waals surface area contributed by atoms with E-state index in [-0.39, 0.29) is 25.7 Å². The van der Waals surface area contributed by atoms with E-state index in [0.717, 1.165) is 89.9 Å². The van der Waals surface area contributed by atoms with Crippen molar-refractivity contribution in [2.75, 3.05) is 39.6 Å². The van der Waals surface area contributed by atoms with Gasteiger partial charge in [-0.2, -0.15) is 0 Å². The zero-order valence-electron chi connectivity index (χ0n) is 60.9. The molecular weight excluding hydrogens is 1230 g/mol. The minimum Gasteiger partial charge on any atom is -0.462 e. The minimum atomic E-state index is -4.95. The summed E-state index contributed by atoms with van der Waals surface area (Å²) < 4.78 is 68.5. The molecule has 0 saturated heterocycles. The molecule has 0 aliphatic carbocycles. The summed E-state index contributed by atoms with van der Waals surface area (Å²) in [7, 11) is -9.90. The fourth-order valence-electron chi connectivity index (χ4n) is 11.6. The third kappa shape index (κ3) is 68.6. The number of aliphatic hydroxyl groups is 1. The number of hydrogen-bond acceptors (Lipinski definition) is 15. The van der Waals surface area contributed by atoms with Gasteiger partial charge in [-0.15, -0.1) is 0 Å². The number of esters is 4. The average molecular weight is 1380 g/mol. The molecular formula is C75H146O17P2. The van der Waals surface area contributed by atoms with Crippen LogP contribution in [0.3, 0.4) is 0 Å². The van der Waals surface area contributed by atoms with Crippen molar-refractivity contribution in [1.82, 2.24) is 0 Å². The van der Waals surface area contributed by atoms with E-state index in [0.29, 0.717) is 25.7 Å². The van der Waals surface area contributed by atoms with E-state index in [4.69, 9.17) is 37.0 Å². The quantitative estimate of drug-likeness (QED) is 0.0222. The second kappa shape index (κ2) is 69.5. The molecule has 0 aliphatic heterocycles. The third-order valence-corrected chi connectivity index (χ3v) is 19.5. The molecule has 0 heterocycles. The molecule has 2 unspecified atom stereocenters. The van der Waals surface area contributed by atoms with Crippen LogP contribution >= 0.6 is 15.6 Å². The Kier molecular flexibility index (Phi) is 68.1. The number of hydrogen-bond donors (Lipinski definition) is 3. The van der Waals surface area contributed by atoms with Gasteiger partial charge in [0.05, 0.1) is 26.4 Å². The van der Waals surface area contributed by atoms with Gasteiger partial charge in [-0.05, 0) is 25.7 Å². The third-order valence-electron chi connectivity index (χ3n) is 17.6. The molecule has 94 heavy (non-hydrogen) atoms. The van der Waals surface area contributed by atoms with Gasteiger partial charge in [-0.3, -0.25) is 37.3 Å². The maximum atomic E-state index is 13.1. The van der Waals surface area contributed by atoms with E-state index in [1.165, 1.54) is 231 Å². The van der Waals surface area contributed by atoms with Crippen LogP contribution in [-0.4, -0.2) is 96.7 Å². The van der Waals surface area contributed by atoms with Crippen LogP contribution in [0.1, 0.15) is 400 Å². The summed E-state index contributed by atoms with van der Waals surface area (Å²) in [6, 6.07) is 0. The topological polar surface area (TPSA) is 237 Å². The summed E-state index contributed by atoms with van der Waals surface area (Å²) in [5, 5.41) is 10.6. The molecule has 0 aromatic rings. The number of carbonyl (C=O) groups is 4. The van der Waals surface area contributed by atoms with E-state index >= 15 is 0 Å². The van der Waals surface area contributed by atoms with Crippen molar-refractivity contribution >= 4 is 39.5 Å². The Morgan fingerprint density at radius 2 is 0.426 bits per heavy atom. The molecule has 0 rings (SSSR count). The molecule has 19 heteroatoms. The Morgan fingerprint density at radius 1 is 0.255 bits per heavy atom. The number of rotatable bonds is 76. The second-order valence-corrected chi connectivity index (χ2v) is 29.9. The first-order chi connectivity index (χ1) is 45.7. The summed E-state index contributed by atoms with van der Waals surface area (Å²) in [4.78, 5) is 72.7. The Labute approximate surface area is 575 Å². The number of unbranched alkanes of at least 4 members (excludes halogenated alkanes) is 50. The number of phosphoric ester groups is 2. The van der Waals surface area contributed by atoms with Crippen molar-refractivity contribution in [3.8, 4) is 0 Å². The molecule has 0 amide bonds. The normalized spacial score (nSPS) is 13.9. The highest BCUT2D eigenvalue weighted by molar-refractivity contribution is 7.47. The molecule has 0 saturated carbocycles. The molecule has 558 valence electrons. The Morgan fingerprint density at radius 3 is 0.628 bits per heavy atom. The zero-order chi connectivity index (χ0) is 69.0. The molecule has 5 atom stereocenters. The molecule has 0 bridgehead atoms. The summed E-state index contributed by atoms with van der Waals surface area (Å²) in [6.45, 7) is 4.98. The highest BCUT2D eigenvalue weighted by Gasteiger charge is 2.30. The van der Waals surface area contributed by atoms with Crippen molar-refractivity contribution in [1.29, 1.82) is 0 Å². The van der Waals surface area contributed by atoms with Crippen LogP contribution in [-0.2, 0) is 65.4 Å². The number of aliphatic hydroxyl groups excluding tert-OH is 1. The lowest BCUT2D eigenvalue weighted by molar-refractivity contribution is -0.161. The predicted octanol–water partition coefficient (Wildman–Crippen LogP) is 22.2. The van der Waals surface area contributed by atoms with Crippen LogP contribution in [0.2, 0.25) is 0 Å². The Hall–Kier alpha value is -1.94. The Balaban J connectivity index is 5.22. The molecule has 0 aliphatic rings. The smallest absolute Gasteiger partial charge is 0.462 e. The van der Waals surface area contributed by atoms with Crippen molar-refractivity contribution < 1.29 is 80.2 Å². The molecule has 0 aromatic heterocycles. The van der Waals surface area contributed by atoms with E-state index in [1.807, 2.05) is 0 Å². The largest absolute Gasteiger partial charge is 0.472 e. The summed E-state index contributed by atoms with van der Waals surface area (Å²) >= 11 is 0. The maximum Gasteiger partial charge on any atom is 0.472 e. The zero-order valence-corrected chi connectivity index (χ0v) is 62.7. The van der Waals surface area contributed by atoms with E-state index in [9.17, 15) is 43.2 Å². The molecule has 0 fully saturated rings. The Bertz CT molecular complexity index is 1790. The lowest BCUT2D eigenvalue weighted by atomic mass is 10.0. The SMILES string of the molecule is CCCCCCCCCCCCCCCCCCCCC(=O)O[C@H](COC(=O)CCCCCCCCCCCCCCCCC)COP(=O)(O)OC[C@@H](O)COP(=O)(O)OC[C@@H](COC(=O)CCCCCCCCCCCC)OC(=O)CCCCCCCCCCCCC. The van der Waals surface area contributed by atoms with Crippen LogP contribution in [0.25, 0.3) is 0 Å². The van der Waals surface area contributed by atoms with Gasteiger partial charge in [0.1, 0.15) is 19.3 Å². The number of carbonyl (C=O) groups excluding carboxylic acids is 4. The highest BCUT2D eigenvalue weighted by atomic mass is 31.2. The number of phosphoric acid groups is 2. The molecule has 0 spiro atoms. The van der Waals surface area contributed by atoms with Gasteiger partial charge in [-0.25, -0.2) is 9.13 Å². The lowest BCUT2D eigenvalue weighted by Crippen LogP contribution is -2.30. The van der Waals surface area contributed by atoms with Crippen LogP contribution in [0, 0.1) is 0 Å². The standard InChI is InChI=1S/C75H146O17P2/c1-5-9-13-17-21-25-29-31-33-34-35-37-39-42-46-50-54-58-62-75(80)92-71(66-86-73(78)60-56-52-48-44-41-38-36-32-30-26-22-18-14-10-6-2)68-90-94(83,84)88-64-69(76)63-87-93(81,82)89-67-70(65-85-72(77)59-55-51-47-43-28-24-20-16-12-8-4)91-74(79)61-57-53-49-45-40-27-23-19-15-11-7-3/h69-71,76H,5-68H2,1-4H3,(H,81,82)(H,83,84)/t69-,70+,71+/m0/s1. The molecule has 3 N–H and O–H groups in total. The minimum absolute atomic E-state index is 0.108. The van der Waals surface area contributed by atoms with Crippen molar-refractivity contribution in [3.05, 3.63) is 0 Å². The predicted molar refractivity (Wildman–Crippen MR) is 382 cm³/mol. The van der Waals surface area contributed by atoms with Gasteiger partial charge >= 0.3 is 39.5 Å². The van der Waals surface area contributed by atoms with Gasteiger partial charge in [0.2, 0.25) is 0 Å². The molecule has 17 nitrogen and oxygen atoms in total. The van der Waals surface area contributed by atoms with Crippen LogP contribution < -0.4 is 0 Å². The molecule has 0 radical (unpaired) electrons. The molecule has 0 aromatic carbocycles. The lowest BCUT2D eigenvalue weighted by Gasteiger charge is -2.21.